The van der Waals surface area contributed by atoms with Gasteiger partial charge in [-0.1, -0.05) is 11.6 Å². The van der Waals surface area contributed by atoms with Gasteiger partial charge in [0.15, 0.2) is 0 Å². The van der Waals surface area contributed by atoms with Crippen molar-refractivity contribution in [2.24, 2.45) is 0 Å². The SMILES string of the molecule is Cc1ccc(CNc2ccc(N3CCOCC3)c(Cl)c2)s1. The molecule has 0 unspecified atom stereocenters. The number of hydrogen-bond acceptors (Lipinski definition) is 4. The molecule has 5 heteroatoms. The average molecular weight is 323 g/mol. The predicted molar refractivity (Wildman–Crippen MR) is 90.9 cm³/mol. The molecular formula is C16H19ClN2OS. The van der Waals surface area contributed by atoms with E-state index in [1.54, 1.807) is 0 Å². The Hall–Kier alpha value is -1.23. The fourth-order valence-electron chi connectivity index (χ4n) is 2.45. The molecule has 0 spiro atoms. The van der Waals surface area contributed by atoms with Gasteiger partial charge in [0.05, 0.1) is 23.9 Å². The summed E-state index contributed by atoms with van der Waals surface area (Å²) in [5, 5.41) is 4.22. The van der Waals surface area contributed by atoms with Crippen LogP contribution in [-0.2, 0) is 11.3 Å². The summed E-state index contributed by atoms with van der Waals surface area (Å²) in [6, 6.07) is 10.5. The van der Waals surface area contributed by atoms with Gasteiger partial charge in [-0.25, -0.2) is 0 Å². The Morgan fingerprint density at radius 1 is 1.24 bits per heavy atom. The minimum Gasteiger partial charge on any atom is -0.380 e. The van der Waals surface area contributed by atoms with Crippen molar-refractivity contribution in [1.29, 1.82) is 0 Å². The Morgan fingerprint density at radius 3 is 2.71 bits per heavy atom. The first kappa shape index (κ1) is 14.7. The number of thiophene rings is 1. The van der Waals surface area contributed by atoms with Gasteiger partial charge in [-0.05, 0) is 37.3 Å². The Labute approximate surface area is 134 Å². The smallest absolute Gasteiger partial charge is 0.0660 e. The van der Waals surface area contributed by atoms with Crippen LogP contribution in [0.15, 0.2) is 30.3 Å². The maximum absolute atomic E-state index is 6.43. The molecule has 3 nitrogen and oxygen atoms in total. The number of morpholine rings is 1. The summed E-state index contributed by atoms with van der Waals surface area (Å²) in [6.07, 6.45) is 0. The Balaban J connectivity index is 1.65. The third-order valence-electron chi connectivity index (χ3n) is 3.56. The van der Waals surface area contributed by atoms with Crippen molar-refractivity contribution in [3.8, 4) is 0 Å². The van der Waals surface area contributed by atoms with Gasteiger partial charge in [-0.15, -0.1) is 11.3 Å². The van der Waals surface area contributed by atoms with Crippen molar-refractivity contribution in [2.45, 2.75) is 13.5 Å². The third-order valence-corrected chi connectivity index (χ3v) is 4.87. The standard InChI is InChI=1S/C16H19ClN2OS/c1-12-2-4-14(21-12)11-18-13-3-5-16(15(17)10-13)19-6-8-20-9-7-19/h2-5,10,18H,6-9,11H2,1H3. The van der Waals surface area contributed by atoms with Crippen molar-refractivity contribution in [3.63, 3.8) is 0 Å². The van der Waals surface area contributed by atoms with E-state index >= 15 is 0 Å². The summed E-state index contributed by atoms with van der Waals surface area (Å²) in [4.78, 5) is 4.95. The lowest BCUT2D eigenvalue weighted by atomic mass is 10.2. The zero-order valence-corrected chi connectivity index (χ0v) is 13.6. The zero-order chi connectivity index (χ0) is 14.7. The molecule has 1 saturated heterocycles. The van der Waals surface area contributed by atoms with Crippen molar-refractivity contribution >= 4 is 34.3 Å². The van der Waals surface area contributed by atoms with Crippen LogP contribution in [-0.4, -0.2) is 26.3 Å². The summed E-state index contributed by atoms with van der Waals surface area (Å²) in [7, 11) is 0. The van der Waals surface area contributed by atoms with E-state index < -0.39 is 0 Å². The van der Waals surface area contributed by atoms with Gasteiger partial charge in [-0.3, -0.25) is 0 Å². The topological polar surface area (TPSA) is 24.5 Å². The predicted octanol–water partition coefficient (Wildman–Crippen LogP) is 4.16. The normalized spacial score (nSPS) is 15.2. The van der Waals surface area contributed by atoms with Gasteiger partial charge in [0.1, 0.15) is 0 Å². The molecule has 1 aliphatic heterocycles. The fourth-order valence-corrected chi connectivity index (χ4v) is 3.58. The van der Waals surface area contributed by atoms with Crippen molar-refractivity contribution in [3.05, 3.63) is 45.1 Å². The monoisotopic (exact) mass is 322 g/mol. The van der Waals surface area contributed by atoms with E-state index in [4.69, 9.17) is 16.3 Å². The number of halogens is 1. The molecule has 0 saturated carbocycles. The quantitative estimate of drug-likeness (QED) is 0.914. The fraction of sp³-hybridized carbons (Fsp3) is 0.375. The van der Waals surface area contributed by atoms with Crippen molar-refractivity contribution in [1.82, 2.24) is 0 Å². The first-order chi connectivity index (χ1) is 10.2. The molecule has 1 fully saturated rings. The molecule has 2 heterocycles. The Kier molecular flexibility index (Phi) is 4.68. The second-order valence-corrected chi connectivity index (χ2v) is 6.91. The van der Waals surface area contributed by atoms with Gasteiger partial charge >= 0.3 is 0 Å². The van der Waals surface area contributed by atoms with Crippen LogP contribution in [0.4, 0.5) is 11.4 Å². The van der Waals surface area contributed by atoms with Gasteiger partial charge in [0, 0.05) is 35.1 Å². The number of aryl methyl sites for hydroxylation is 1. The van der Waals surface area contributed by atoms with E-state index in [2.05, 4.69) is 41.4 Å². The number of nitrogens with zero attached hydrogens (tertiary/aromatic N) is 1. The molecule has 1 N–H and O–H groups in total. The third kappa shape index (κ3) is 3.70. The lowest BCUT2D eigenvalue weighted by Crippen LogP contribution is -2.36. The summed E-state index contributed by atoms with van der Waals surface area (Å²) < 4.78 is 5.38. The molecule has 1 aliphatic rings. The molecule has 2 aromatic rings. The minimum atomic E-state index is 0.772. The molecule has 112 valence electrons. The van der Waals surface area contributed by atoms with E-state index in [-0.39, 0.29) is 0 Å². The first-order valence-corrected chi connectivity index (χ1v) is 8.33. The van der Waals surface area contributed by atoms with Crippen LogP contribution in [0, 0.1) is 6.92 Å². The number of anilines is 2. The second-order valence-electron chi connectivity index (χ2n) is 5.13. The van der Waals surface area contributed by atoms with Gasteiger partial charge < -0.3 is 15.0 Å². The number of benzene rings is 1. The van der Waals surface area contributed by atoms with Gasteiger partial charge in [0.25, 0.3) is 0 Å². The van der Waals surface area contributed by atoms with E-state index in [0.717, 1.165) is 49.2 Å². The Morgan fingerprint density at radius 2 is 2.05 bits per heavy atom. The van der Waals surface area contributed by atoms with Crippen LogP contribution in [0.1, 0.15) is 9.75 Å². The highest BCUT2D eigenvalue weighted by Gasteiger charge is 2.14. The largest absolute Gasteiger partial charge is 0.380 e. The Bertz CT molecular complexity index is 608. The van der Waals surface area contributed by atoms with Crippen LogP contribution < -0.4 is 10.2 Å². The number of nitrogens with one attached hydrogen (secondary N) is 1. The number of rotatable bonds is 4. The van der Waals surface area contributed by atoms with Crippen LogP contribution in [0.3, 0.4) is 0 Å². The van der Waals surface area contributed by atoms with E-state index in [1.165, 1.54) is 9.75 Å². The highest BCUT2D eigenvalue weighted by molar-refractivity contribution is 7.11. The van der Waals surface area contributed by atoms with E-state index in [1.807, 2.05) is 17.4 Å². The molecule has 1 aromatic carbocycles. The van der Waals surface area contributed by atoms with Crippen LogP contribution in [0.25, 0.3) is 0 Å². The minimum absolute atomic E-state index is 0.772. The molecule has 0 radical (unpaired) electrons. The maximum Gasteiger partial charge on any atom is 0.0660 e. The number of hydrogen-bond donors (Lipinski definition) is 1. The molecule has 3 rings (SSSR count). The number of ether oxygens (including phenoxy) is 1. The van der Waals surface area contributed by atoms with E-state index in [0.29, 0.717) is 0 Å². The van der Waals surface area contributed by atoms with Crippen molar-refractivity contribution < 1.29 is 4.74 Å². The van der Waals surface area contributed by atoms with Gasteiger partial charge in [0.2, 0.25) is 0 Å². The lowest BCUT2D eigenvalue weighted by Gasteiger charge is -2.29. The molecule has 0 atom stereocenters. The van der Waals surface area contributed by atoms with Crippen LogP contribution in [0.2, 0.25) is 5.02 Å². The first-order valence-electron chi connectivity index (χ1n) is 7.14. The molecule has 21 heavy (non-hydrogen) atoms. The zero-order valence-electron chi connectivity index (χ0n) is 12.1. The van der Waals surface area contributed by atoms with Crippen molar-refractivity contribution in [2.75, 3.05) is 36.5 Å². The maximum atomic E-state index is 6.43. The summed E-state index contributed by atoms with van der Waals surface area (Å²) in [5.74, 6) is 0. The summed E-state index contributed by atoms with van der Waals surface area (Å²) in [5.41, 5.74) is 2.15. The lowest BCUT2D eigenvalue weighted by molar-refractivity contribution is 0.122. The molecule has 0 amide bonds. The second kappa shape index (κ2) is 6.69. The van der Waals surface area contributed by atoms with Crippen LogP contribution >= 0.6 is 22.9 Å². The highest BCUT2D eigenvalue weighted by atomic mass is 35.5. The summed E-state index contributed by atoms with van der Waals surface area (Å²) in [6.45, 7) is 6.32. The highest BCUT2D eigenvalue weighted by Crippen LogP contribution is 2.29. The summed E-state index contributed by atoms with van der Waals surface area (Å²) >= 11 is 8.25. The molecule has 1 aromatic heterocycles. The average Bonchev–Trinajstić information content (AvgIpc) is 2.92. The molecule has 0 aliphatic carbocycles. The van der Waals surface area contributed by atoms with Crippen LogP contribution in [0.5, 0.6) is 0 Å². The van der Waals surface area contributed by atoms with E-state index in [9.17, 15) is 0 Å². The molecule has 0 bridgehead atoms. The van der Waals surface area contributed by atoms with Gasteiger partial charge in [-0.2, -0.15) is 0 Å². The molecular weight excluding hydrogens is 304 g/mol.